The van der Waals surface area contributed by atoms with Gasteiger partial charge in [-0.05, 0) is 58.5 Å². The molecule has 1 nitrogen and oxygen atoms in total. The van der Waals surface area contributed by atoms with Crippen LogP contribution >= 0.6 is 38.6 Å². The molecule has 104 valence electrons. The minimum absolute atomic E-state index is 0.309. The summed E-state index contributed by atoms with van der Waals surface area (Å²) in [7, 11) is 0. The number of thiophene rings is 2. The summed E-state index contributed by atoms with van der Waals surface area (Å²) in [5.41, 5.74) is 0. The van der Waals surface area contributed by atoms with E-state index in [1.54, 1.807) is 0 Å². The van der Waals surface area contributed by atoms with Gasteiger partial charge in [0.1, 0.15) is 0 Å². The van der Waals surface area contributed by atoms with Crippen molar-refractivity contribution in [2.45, 2.75) is 19.4 Å². The molecule has 1 aromatic carbocycles. The van der Waals surface area contributed by atoms with E-state index in [0.717, 1.165) is 13.0 Å². The Kier molecular flexibility index (Phi) is 4.56. The zero-order valence-electron chi connectivity index (χ0n) is 11.2. The molecule has 0 bridgehead atoms. The molecule has 1 atom stereocenters. The number of hydrogen-bond donors (Lipinski definition) is 1. The fourth-order valence-electron chi connectivity index (χ4n) is 2.26. The van der Waals surface area contributed by atoms with Gasteiger partial charge in [-0.25, -0.2) is 0 Å². The SMILES string of the molecule is CCCNC(c1ccc(Br)s1)c1cc2ccccc2s1. The second-order valence-corrected chi connectivity index (χ2v) is 8.33. The average molecular weight is 366 g/mol. The Bertz CT molecular complexity index is 668. The van der Waals surface area contributed by atoms with Crippen molar-refractivity contribution in [1.82, 2.24) is 5.32 Å². The Balaban J connectivity index is 1.99. The van der Waals surface area contributed by atoms with Gasteiger partial charge in [0, 0.05) is 14.5 Å². The first-order chi connectivity index (χ1) is 9.78. The lowest BCUT2D eigenvalue weighted by molar-refractivity contribution is 0.613. The van der Waals surface area contributed by atoms with E-state index in [2.05, 4.69) is 70.6 Å². The number of hydrogen-bond acceptors (Lipinski definition) is 3. The lowest BCUT2D eigenvalue weighted by Gasteiger charge is -2.15. The fourth-order valence-corrected chi connectivity index (χ4v) is 5.01. The Labute approximate surface area is 135 Å². The predicted octanol–water partition coefficient (Wildman–Crippen LogP) is 5.81. The van der Waals surface area contributed by atoms with Gasteiger partial charge >= 0.3 is 0 Å². The van der Waals surface area contributed by atoms with Gasteiger partial charge in [0.25, 0.3) is 0 Å². The fraction of sp³-hybridized carbons (Fsp3) is 0.250. The zero-order valence-corrected chi connectivity index (χ0v) is 14.4. The van der Waals surface area contributed by atoms with Crippen LogP contribution in [0.25, 0.3) is 10.1 Å². The molecule has 0 amide bonds. The molecule has 2 aromatic heterocycles. The Morgan fingerprint density at radius 2 is 1.95 bits per heavy atom. The largest absolute Gasteiger partial charge is 0.305 e. The van der Waals surface area contributed by atoms with Crippen LogP contribution in [0.3, 0.4) is 0 Å². The smallest absolute Gasteiger partial charge is 0.0765 e. The van der Waals surface area contributed by atoms with Gasteiger partial charge in [-0.2, -0.15) is 0 Å². The molecule has 4 heteroatoms. The van der Waals surface area contributed by atoms with Crippen molar-refractivity contribution in [2.24, 2.45) is 0 Å². The summed E-state index contributed by atoms with van der Waals surface area (Å²) in [5, 5.41) is 5.02. The van der Waals surface area contributed by atoms with Gasteiger partial charge in [0.05, 0.1) is 9.83 Å². The van der Waals surface area contributed by atoms with Gasteiger partial charge in [0.15, 0.2) is 0 Å². The predicted molar refractivity (Wildman–Crippen MR) is 94.0 cm³/mol. The number of rotatable bonds is 5. The van der Waals surface area contributed by atoms with Crippen LogP contribution in [-0.2, 0) is 0 Å². The van der Waals surface area contributed by atoms with E-state index in [9.17, 15) is 0 Å². The molecule has 1 N–H and O–H groups in total. The molecule has 20 heavy (non-hydrogen) atoms. The third-order valence-electron chi connectivity index (χ3n) is 3.21. The van der Waals surface area contributed by atoms with Crippen LogP contribution in [0.5, 0.6) is 0 Å². The molecular weight excluding hydrogens is 350 g/mol. The zero-order chi connectivity index (χ0) is 13.9. The van der Waals surface area contributed by atoms with Gasteiger partial charge in [-0.15, -0.1) is 22.7 Å². The van der Waals surface area contributed by atoms with Gasteiger partial charge in [0.2, 0.25) is 0 Å². The summed E-state index contributed by atoms with van der Waals surface area (Å²) in [5.74, 6) is 0. The van der Waals surface area contributed by atoms with Crippen LogP contribution in [-0.4, -0.2) is 6.54 Å². The Morgan fingerprint density at radius 3 is 2.65 bits per heavy atom. The lowest BCUT2D eigenvalue weighted by Crippen LogP contribution is -2.21. The molecule has 0 spiro atoms. The molecule has 0 fully saturated rings. The quantitative estimate of drug-likeness (QED) is 0.600. The maximum atomic E-state index is 3.68. The molecular formula is C16H16BrNS2. The number of nitrogens with one attached hydrogen (secondary N) is 1. The van der Waals surface area contributed by atoms with Crippen LogP contribution in [0.1, 0.15) is 29.1 Å². The highest BCUT2D eigenvalue weighted by Gasteiger charge is 2.17. The monoisotopic (exact) mass is 365 g/mol. The summed E-state index contributed by atoms with van der Waals surface area (Å²) in [4.78, 5) is 2.77. The molecule has 0 saturated heterocycles. The van der Waals surface area contributed by atoms with Crippen molar-refractivity contribution in [3.8, 4) is 0 Å². The topological polar surface area (TPSA) is 12.0 Å². The maximum Gasteiger partial charge on any atom is 0.0765 e. The summed E-state index contributed by atoms with van der Waals surface area (Å²) in [6.07, 6.45) is 1.15. The Hall–Kier alpha value is -0.680. The first kappa shape index (κ1) is 14.3. The minimum Gasteiger partial charge on any atom is -0.305 e. The van der Waals surface area contributed by atoms with E-state index in [1.807, 2.05) is 22.7 Å². The van der Waals surface area contributed by atoms with Crippen LogP contribution in [0.15, 0.2) is 46.3 Å². The third kappa shape index (κ3) is 2.98. The summed E-state index contributed by atoms with van der Waals surface area (Å²) in [6, 6.07) is 15.6. The van der Waals surface area contributed by atoms with Gasteiger partial charge in [-0.1, -0.05) is 25.1 Å². The first-order valence-corrected chi connectivity index (χ1v) is 9.17. The molecule has 0 saturated carbocycles. The molecule has 0 aliphatic heterocycles. The molecule has 3 rings (SSSR count). The minimum atomic E-state index is 0.309. The number of halogens is 1. The normalized spacial score (nSPS) is 12.9. The van der Waals surface area contributed by atoms with Gasteiger partial charge < -0.3 is 5.32 Å². The highest BCUT2D eigenvalue weighted by atomic mass is 79.9. The second kappa shape index (κ2) is 6.39. The van der Waals surface area contributed by atoms with Crippen molar-refractivity contribution < 1.29 is 0 Å². The van der Waals surface area contributed by atoms with E-state index in [1.165, 1.54) is 23.6 Å². The number of fused-ring (bicyclic) bond motifs is 1. The van der Waals surface area contributed by atoms with E-state index in [4.69, 9.17) is 0 Å². The van der Waals surface area contributed by atoms with Crippen molar-refractivity contribution in [3.63, 3.8) is 0 Å². The summed E-state index contributed by atoms with van der Waals surface area (Å²) < 4.78 is 2.55. The molecule has 3 aromatic rings. The van der Waals surface area contributed by atoms with E-state index >= 15 is 0 Å². The van der Waals surface area contributed by atoms with Crippen LogP contribution < -0.4 is 5.32 Å². The van der Waals surface area contributed by atoms with Crippen LogP contribution in [0.2, 0.25) is 0 Å². The van der Waals surface area contributed by atoms with E-state index in [0.29, 0.717) is 6.04 Å². The van der Waals surface area contributed by atoms with Crippen molar-refractivity contribution in [2.75, 3.05) is 6.54 Å². The molecule has 1 unspecified atom stereocenters. The molecule has 0 aliphatic rings. The van der Waals surface area contributed by atoms with Crippen molar-refractivity contribution in [3.05, 3.63) is 56.0 Å². The van der Waals surface area contributed by atoms with Crippen molar-refractivity contribution in [1.29, 1.82) is 0 Å². The molecule has 0 aliphatic carbocycles. The second-order valence-electron chi connectivity index (χ2n) is 4.72. The van der Waals surface area contributed by atoms with Crippen LogP contribution in [0, 0.1) is 0 Å². The molecule has 2 heterocycles. The van der Waals surface area contributed by atoms with Crippen molar-refractivity contribution >= 4 is 48.7 Å². The summed E-state index contributed by atoms with van der Waals surface area (Å²) in [6.45, 7) is 3.24. The average Bonchev–Trinajstić information content (AvgIpc) is 3.05. The standard InChI is InChI=1S/C16H16BrNS2/c1-2-9-18-16(13-7-8-15(17)20-13)14-10-11-5-3-4-6-12(11)19-14/h3-8,10,16,18H,2,9H2,1H3. The van der Waals surface area contributed by atoms with E-state index < -0.39 is 0 Å². The summed E-state index contributed by atoms with van der Waals surface area (Å²) >= 11 is 7.27. The van der Waals surface area contributed by atoms with Gasteiger partial charge in [-0.3, -0.25) is 0 Å². The molecule has 0 radical (unpaired) electrons. The lowest BCUT2D eigenvalue weighted by atomic mass is 10.1. The highest BCUT2D eigenvalue weighted by Crippen LogP contribution is 2.36. The van der Waals surface area contributed by atoms with E-state index in [-0.39, 0.29) is 0 Å². The number of benzene rings is 1. The first-order valence-electron chi connectivity index (χ1n) is 6.75. The van der Waals surface area contributed by atoms with Crippen LogP contribution in [0.4, 0.5) is 0 Å². The third-order valence-corrected chi connectivity index (χ3v) is 6.08. The highest BCUT2D eigenvalue weighted by molar-refractivity contribution is 9.11. The maximum absolute atomic E-state index is 3.68. The Morgan fingerprint density at radius 1 is 1.10 bits per heavy atom.